The number of aliphatic hydroxyl groups excluding tert-OH is 2. The molecule has 0 saturated heterocycles. The molecule has 0 bridgehead atoms. The van der Waals surface area contributed by atoms with Gasteiger partial charge in [-0.15, -0.1) is 0 Å². The van der Waals surface area contributed by atoms with Crippen molar-refractivity contribution in [2.24, 2.45) is 0 Å². The third kappa shape index (κ3) is 3.80. The van der Waals surface area contributed by atoms with Crippen LogP contribution in [0.4, 0.5) is 0 Å². The molecule has 0 fully saturated rings. The lowest BCUT2D eigenvalue weighted by atomic mass is 9.79. The van der Waals surface area contributed by atoms with Crippen LogP contribution in [0.5, 0.6) is 0 Å². The molecule has 3 nitrogen and oxygen atoms in total. The van der Waals surface area contributed by atoms with Gasteiger partial charge in [-0.2, -0.15) is 0 Å². The molecule has 0 aliphatic carbocycles. The van der Waals surface area contributed by atoms with Crippen LogP contribution in [0.25, 0.3) is 0 Å². The summed E-state index contributed by atoms with van der Waals surface area (Å²) in [4.78, 5) is 0. The van der Waals surface area contributed by atoms with Gasteiger partial charge in [-0.1, -0.05) is 36.8 Å². The minimum Gasteiger partial charge on any atom is -0.395 e. The van der Waals surface area contributed by atoms with Gasteiger partial charge in [-0.05, 0) is 25.3 Å². The van der Waals surface area contributed by atoms with Crippen LogP contribution in [-0.2, 0) is 10.2 Å². The second-order valence-electron chi connectivity index (χ2n) is 4.82. The first-order valence-electron chi connectivity index (χ1n) is 6.55. The fourth-order valence-corrected chi connectivity index (χ4v) is 1.96. The Bertz CT molecular complexity index is 328. The van der Waals surface area contributed by atoms with Gasteiger partial charge in [0.25, 0.3) is 0 Å². The zero-order valence-corrected chi connectivity index (χ0v) is 11.4. The molecule has 1 aromatic carbocycles. The molecule has 102 valence electrons. The van der Waals surface area contributed by atoms with E-state index in [1.165, 1.54) is 5.56 Å². The van der Waals surface area contributed by atoms with Crippen molar-refractivity contribution in [3.63, 3.8) is 0 Å². The van der Waals surface area contributed by atoms with Crippen LogP contribution in [0, 0.1) is 6.92 Å². The summed E-state index contributed by atoms with van der Waals surface area (Å²) >= 11 is 0. The highest BCUT2D eigenvalue weighted by molar-refractivity contribution is 5.29. The van der Waals surface area contributed by atoms with Crippen molar-refractivity contribution >= 4 is 0 Å². The third-order valence-corrected chi connectivity index (χ3v) is 3.34. The number of benzene rings is 1. The Morgan fingerprint density at radius 2 is 1.67 bits per heavy atom. The molecule has 2 N–H and O–H groups in total. The molecule has 3 heteroatoms. The van der Waals surface area contributed by atoms with E-state index in [-0.39, 0.29) is 13.2 Å². The van der Waals surface area contributed by atoms with Crippen LogP contribution in [0.15, 0.2) is 24.3 Å². The molecule has 0 aromatic heterocycles. The van der Waals surface area contributed by atoms with Crippen LogP contribution in [0.3, 0.4) is 0 Å². The zero-order chi connectivity index (χ0) is 13.4. The van der Waals surface area contributed by atoms with Crippen molar-refractivity contribution in [1.29, 1.82) is 0 Å². The summed E-state index contributed by atoms with van der Waals surface area (Å²) in [6.07, 6.45) is 1.61. The van der Waals surface area contributed by atoms with Crippen LogP contribution in [-0.4, -0.2) is 36.6 Å². The van der Waals surface area contributed by atoms with E-state index < -0.39 is 5.41 Å². The van der Waals surface area contributed by atoms with E-state index in [4.69, 9.17) is 4.74 Å². The number of aryl methyl sites for hydroxylation is 1. The van der Waals surface area contributed by atoms with Gasteiger partial charge in [0, 0.05) is 18.6 Å². The molecule has 0 aliphatic rings. The fourth-order valence-electron chi connectivity index (χ4n) is 1.96. The molecule has 0 heterocycles. The first kappa shape index (κ1) is 15.2. The number of hydrogen-bond acceptors (Lipinski definition) is 3. The molecule has 0 spiro atoms. The lowest BCUT2D eigenvalue weighted by Crippen LogP contribution is -2.36. The van der Waals surface area contributed by atoms with E-state index in [2.05, 4.69) is 6.92 Å². The summed E-state index contributed by atoms with van der Waals surface area (Å²) in [5.74, 6) is 0. The molecular formula is C15H24O3. The molecule has 0 saturated carbocycles. The molecule has 0 atom stereocenters. The highest BCUT2D eigenvalue weighted by Gasteiger charge is 2.30. The van der Waals surface area contributed by atoms with Gasteiger partial charge in [0.05, 0.1) is 13.2 Å². The second-order valence-corrected chi connectivity index (χ2v) is 4.82. The minimum atomic E-state index is -0.596. The Morgan fingerprint density at radius 1 is 1.06 bits per heavy atom. The lowest BCUT2D eigenvalue weighted by Gasteiger charge is -2.30. The summed E-state index contributed by atoms with van der Waals surface area (Å²) in [6, 6.07) is 7.95. The van der Waals surface area contributed by atoms with Crippen molar-refractivity contribution < 1.29 is 14.9 Å². The third-order valence-electron chi connectivity index (χ3n) is 3.34. The van der Waals surface area contributed by atoms with Gasteiger partial charge in [0.1, 0.15) is 0 Å². The van der Waals surface area contributed by atoms with Crippen molar-refractivity contribution in [1.82, 2.24) is 0 Å². The quantitative estimate of drug-likeness (QED) is 0.696. The highest BCUT2D eigenvalue weighted by Crippen LogP contribution is 2.27. The summed E-state index contributed by atoms with van der Waals surface area (Å²) in [5.41, 5.74) is 1.55. The number of rotatable bonds is 8. The predicted octanol–water partition coefficient (Wildman–Crippen LogP) is 2.03. The maximum absolute atomic E-state index is 9.64. The van der Waals surface area contributed by atoms with Crippen molar-refractivity contribution in [2.75, 3.05) is 26.4 Å². The first-order chi connectivity index (χ1) is 8.68. The lowest BCUT2D eigenvalue weighted by molar-refractivity contribution is 0.0627. The number of ether oxygens (including phenoxy) is 1. The van der Waals surface area contributed by atoms with Crippen molar-refractivity contribution in [3.8, 4) is 0 Å². The largest absolute Gasteiger partial charge is 0.395 e. The van der Waals surface area contributed by atoms with E-state index in [1.807, 2.05) is 31.2 Å². The van der Waals surface area contributed by atoms with Crippen molar-refractivity contribution in [3.05, 3.63) is 35.4 Å². The maximum Gasteiger partial charge on any atom is 0.0550 e. The standard InChI is InChI=1S/C15H24O3/c1-3-9-18-10-8-15(11-16,12-17)14-6-4-13(2)5-7-14/h4-7,16-17H,3,8-12H2,1-2H3. The molecule has 18 heavy (non-hydrogen) atoms. The summed E-state index contributed by atoms with van der Waals surface area (Å²) in [5, 5.41) is 19.3. The van der Waals surface area contributed by atoms with E-state index in [0.717, 1.165) is 18.6 Å². The van der Waals surface area contributed by atoms with Gasteiger partial charge in [0.2, 0.25) is 0 Å². The SMILES string of the molecule is CCCOCCC(CO)(CO)c1ccc(C)cc1. The molecular weight excluding hydrogens is 228 g/mol. The van der Waals surface area contributed by atoms with Crippen molar-refractivity contribution in [2.45, 2.75) is 32.1 Å². The molecule has 0 aliphatic heterocycles. The van der Waals surface area contributed by atoms with E-state index in [9.17, 15) is 10.2 Å². The van der Waals surface area contributed by atoms with Gasteiger partial charge in [-0.25, -0.2) is 0 Å². The summed E-state index contributed by atoms with van der Waals surface area (Å²) < 4.78 is 5.46. The van der Waals surface area contributed by atoms with E-state index in [1.54, 1.807) is 0 Å². The number of aliphatic hydroxyl groups is 2. The maximum atomic E-state index is 9.64. The Labute approximate surface area is 109 Å². The van der Waals surface area contributed by atoms with Gasteiger partial charge < -0.3 is 14.9 Å². The molecule has 0 amide bonds. The number of hydrogen-bond donors (Lipinski definition) is 2. The monoisotopic (exact) mass is 252 g/mol. The molecule has 1 rings (SSSR count). The molecule has 1 aromatic rings. The summed E-state index contributed by atoms with van der Waals surface area (Å²) in [7, 11) is 0. The average molecular weight is 252 g/mol. The smallest absolute Gasteiger partial charge is 0.0550 e. The fraction of sp³-hybridized carbons (Fsp3) is 0.600. The average Bonchev–Trinajstić information content (AvgIpc) is 2.41. The normalized spacial score (nSPS) is 11.8. The Kier molecular flexibility index (Phi) is 6.33. The van der Waals surface area contributed by atoms with Gasteiger partial charge in [0.15, 0.2) is 0 Å². The minimum absolute atomic E-state index is 0.0674. The van der Waals surface area contributed by atoms with Crippen LogP contribution in [0.1, 0.15) is 30.9 Å². The van der Waals surface area contributed by atoms with Gasteiger partial charge in [-0.3, -0.25) is 0 Å². The topological polar surface area (TPSA) is 49.7 Å². The molecule has 0 unspecified atom stereocenters. The Hall–Kier alpha value is -0.900. The predicted molar refractivity (Wildman–Crippen MR) is 72.8 cm³/mol. The van der Waals surface area contributed by atoms with Gasteiger partial charge >= 0.3 is 0 Å². The van der Waals surface area contributed by atoms with Crippen LogP contribution >= 0.6 is 0 Å². The van der Waals surface area contributed by atoms with Crippen LogP contribution < -0.4 is 0 Å². The van der Waals surface area contributed by atoms with E-state index >= 15 is 0 Å². The first-order valence-corrected chi connectivity index (χ1v) is 6.55. The summed E-state index contributed by atoms with van der Waals surface area (Å²) in [6.45, 7) is 5.23. The Morgan fingerprint density at radius 3 is 2.17 bits per heavy atom. The van der Waals surface area contributed by atoms with E-state index in [0.29, 0.717) is 13.0 Å². The molecule has 0 radical (unpaired) electrons. The zero-order valence-electron chi connectivity index (χ0n) is 11.4. The Balaban J connectivity index is 2.75. The highest BCUT2D eigenvalue weighted by atomic mass is 16.5. The second kappa shape index (κ2) is 7.52. The van der Waals surface area contributed by atoms with Crippen LogP contribution in [0.2, 0.25) is 0 Å².